The molecule has 0 heterocycles. The van der Waals surface area contributed by atoms with Crippen molar-refractivity contribution in [1.82, 2.24) is 5.32 Å². The molecule has 0 radical (unpaired) electrons. The van der Waals surface area contributed by atoms with Gasteiger partial charge in [0.2, 0.25) is 0 Å². The second-order valence-electron chi connectivity index (χ2n) is 4.86. The van der Waals surface area contributed by atoms with Gasteiger partial charge >= 0.3 is 0 Å². The average Bonchev–Trinajstić information content (AvgIpc) is 3.28. The first-order valence-corrected chi connectivity index (χ1v) is 7.61. The van der Waals surface area contributed by atoms with Gasteiger partial charge in [-0.2, -0.15) is 0 Å². The van der Waals surface area contributed by atoms with E-state index in [-0.39, 0.29) is 35.6 Å². The SMILES string of the molecule is CSc1ccc(C(=O)NCC(N)C2CC2)cc1[N+](=O)[O-].Cl. The zero-order chi connectivity index (χ0) is 14.7. The Morgan fingerprint density at radius 2 is 2.24 bits per heavy atom. The normalized spacial score (nSPS) is 15.0. The minimum absolute atomic E-state index is 0. The Bertz CT molecular complexity index is 537. The molecule has 21 heavy (non-hydrogen) atoms. The van der Waals surface area contributed by atoms with E-state index < -0.39 is 4.92 Å². The molecule has 1 aliphatic carbocycles. The minimum atomic E-state index is -0.474. The Balaban J connectivity index is 0.00000220. The molecule has 1 aromatic rings. The Morgan fingerprint density at radius 3 is 2.76 bits per heavy atom. The number of rotatable bonds is 6. The van der Waals surface area contributed by atoms with Crippen LogP contribution in [0.5, 0.6) is 0 Å². The highest BCUT2D eigenvalue weighted by Gasteiger charge is 2.28. The van der Waals surface area contributed by atoms with Crippen LogP contribution >= 0.6 is 24.2 Å². The highest BCUT2D eigenvalue weighted by Crippen LogP contribution is 2.31. The maximum absolute atomic E-state index is 12.0. The molecule has 1 aromatic carbocycles. The van der Waals surface area contributed by atoms with Crippen molar-refractivity contribution < 1.29 is 9.72 Å². The van der Waals surface area contributed by atoms with Gasteiger partial charge in [0.05, 0.1) is 9.82 Å². The summed E-state index contributed by atoms with van der Waals surface area (Å²) in [5.74, 6) is 0.181. The van der Waals surface area contributed by atoms with Gasteiger partial charge in [0.1, 0.15) is 0 Å². The number of nitrogens with one attached hydrogen (secondary N) is 1. The molecule has 0 saturated heterocycles. The van der Waals surface area contributed by atoms with E-state index in [1.807, 2.05) is 0 Å². The molecule has 8 heteroatoms. The molecule has 1 amide bonds. The molecule has 1 saturated carbocycles. The summed E-state index contributed by atoms with van der Waals surface area (Å²) in [7, 11) is 0. The summed E-state index contributed by atoms with van der Waals surface area (Å²) in [6.07, 6.45) is 3.99. The fourth-order valence-electron chi connectivity index (χ4n) is 1.98. The van der Waals surface area contributed by atoms with Gasteiger partial charge in [-0.1, -0.05) is 0 Å². The van der Waals surface area contributed by atoms with Gasteiger partial charge in [0.15, 0.2) is 0 Å². The summed E-state index contributed by atoms with van der Waals surface area (Å²) in [5, 5.41) is 13.7. The lowest BCUT2D eigenvalue weighted by molar-refractivity contribution is -0.387. The van der Waals surface area contributed by atoms with Crippen LogP contribution in [0.2, 0.25) is 0 Å². The van der Waals surface area contributed by atoms with Gasteiger partial charge in [0.25, 0.3) is 11.6 Å². The standard InChI is InChI=1S/C13H17N3O3S.ClH/c1-20-12-5-4-9(6-11(12)16(18)19)13(17)15-7-10(14)8-2-3-8;/h4-6,8,10H,2-3,7,14H2,1H3,(H,15,17);1H. The van der Waals surface area contributed by atoms with Crippen molar-refractivity contribution >= 4 is 35.8 Å². The van der Waals surface area contributed by atoms with E-state index >= 15 is 0 Å². The third kappa shape index (κ3) is 4.59. The summed E-state index contributed by atoms with van der Waals surface area (Å²) in [6, 6.07) is 4.47. The van der Waals surface area contributed by atoms with Crippen molar-refractivity contribution in [2.75, 3.05) is 12.8 Å². The number of carbonyl (C=O) groups excluding carboxylic acids is 1. The van der Waals surface area contributed by atoms with E-state index in [0.29, 0.717) is 17.4 Å². The molecule has 1 fully saturated rings. The lowest BCUT2D eigenvalue weighted by atomic mass is 10.1. The van der Waals surface area contributed by atoms with Gasteiger partial charge in [-0.3, -0.25) is 14.9 Å². The number of thioether (sulfide) groups is 1. The quantitative estimate of drug-likeness (QED) is 0.473. The molecule has 0 bridgehead atoms. The largest absolute Gasteiger partial charge is 0.350 e. The lowest BCUT2D eigenvalue weighted by Gasteiger charge is -2.11. The van der Waals surface area contributed by atoms with Crippen LogP contribution in [0.3, 0.4) is 0 Å². The Labute approximate surface area is 133 Å². The third-order valence-corrected chi connectivity index (χ3v) is 4.15. The highest BCUT2D eigenvalue weighted by molar-refractivity contribution is 7.98. The van der Waals surface area contributed by atoms with Crippen LogP contribution in [-0.2, 0) is 0 Å². The number of hydrogen-bond donors (Lipinski definition) is 2. The average molecular weight is 332 g/mol. The summed E-state index contributed by atoms with van der Waals surface area (Å²) < 4.78 is 0. The third-order valence-electron chi connectivity index (χ3n) is 3.36. The van der Waals surface area contributed by atoms with E-state index in [1.54, 1.807) is 18.4 Å². The van der Waals surface area contributed by atoms with E-state index in [1.165, 1.54) is 17.8 Å². The molecule has 2 rings (SSSR count). The maximum atomic E-state index is 12.0. The fraction of sp³-hybridized carbons (Fsp3) is 0.462. The van der Waals surface area contributed by atoms with Crippen molar-refractivity contribution in [3.8, 4) is 0 Å². The zero-order valence-corrected chi connectivity index (χ0v) is 13.2. The van der Waals surface area contributed by atoms with E-state index in [2.05, 4.69) is 5.32 Å². The van der Waals surface area contributed by atoms with Crippen molar-refractivity contribution in [2.24, 2.45) is 11.7 Å². The smallest absolute Gasteiger partial charge is 0.283 e. The Morgan fingerprint density at radius 1 is 1.57 bits per heavy atom. The number of benzene rings is 1. The maximum Gasteiger partial charge on any atom is 0.283 e. The second-order valence-corrected chi connectivity index (χ2v) is 5.70. The van der Waals surface area contributed by atoms with Crippen LogP contribution in [0.1, 0.15) is 23.2 Å². The molecule has 6 nitrogen and oxygen atoms in total. The fourth-order valence-corrected chi connectivity index (χ4v) is 2.52. The molecule has 0 aliphatic heterocycles. The summed E-state index contributed by atoms with van der Waals surface area (Å²) in [4.78, 5) is 23.0. The minimum Gasteiger partial charge on any atom is -0.350 e. The van der Waals surface area contributed by atoms with Crippen LogP contribution in [0.4, 0.5) is 5.69 Å². The molecular weight excluding hydrogens is 314 g/mol. The predicted molar refractivity (Wildman–Crippen MR) is 85.2 cm³/mol. The molecular formula is C13H18ClN3O3S. The number of nitrogens with zero attached hydrogens (tertiary/aromatic N) is 1. The molecule has 116 valence electrons. The van der Waals surface area contributed by atoms with Crippen LogP contribution in [0, 0.1) is 16.0 Å². The second kappa shape index (κ2) is 7.63. The number of hydrogen-bond acceptors (Lipinski definition) is 5. The van der Waals surface area contributed by atoms with E-state index in [4.69, 9.17) is 5.73 Å². The van der Waals surface area contributed by atoms with Gasteiger partial charge in [-0.05, 0) is 37.1 Å². The Hall–Kier alpha value is -1.31. The summed E-state index contributed by atoms with van der Waals surface area (Å²) >= 11 is 1.28. The van der Waals surface area contributed by atoms with Gasteiger partial charge in [0, 0.05) is 24.2 Å². The molecule has 0 aromatic heterocycles. The van der Waals surface area contributed by atoms with Crippen LogP contribution < -0.4 is 11.1 Å². The first-order chi connectivity index (χ1) is 9.52. The van der Waals surface area contributed by atoms with Crippen molar-refractivity contribution in [1.29, 1.82) is 0 Å². The topological polar surface area (TPSA) is 98.3 Å². The summed E-state index contributed by atoms with van der Waals surface area (Å²) in [6.45, 7) is 0.404. The molecule has 1 atom stereocenters. The number of amides is 1. The molecule has 0 spiro atoms. The lowest BCUT2D eigenvalue weighted by Crippen LogP contribution is -2.38. The highest BCUT2D eigenvalue weighted by atomic mass is 35.5. The van der Waals surface area contributed by atoms with Crippen molar-refractivity contribution in [2.45, 2.75) is 23.8 Å². The number of carbonyl (C=O) groups is 1. The summed E-state index contributed by atoms with van der Waals surface area (Å²) in [5.41, 5.74) is 6.15. The number of halogens is 1. The zero-order valence-electron chi connectivity index (χ0n) is 11.6. The van der Waals surface area contributed by atoms with Gasteiger partial charge in [-0.15, -0.1) is 24.2 Å². The van der Waals surface area contributed by atoms with Crippen LogP contribution in [0.15, 0.2) is 23.1 Å². The van der Waals surface area contributed by atoms with Gasteiger partial charge < -0.3 is 11.1 Å². The van der Waals surface area contributed by atoms with Crippen molar-refractivity contribution in [3.05, 3.63) is 33.9 Å². The molecule has 1 unspecified atom stereocenters. The van der Waals surface area contributed by atoms with Gasteiger partial charge in [-0.25, -0.2) is 0 Å². The number of nitrogens with two attached hydrogens (primary N) is 1. The Kier molecular flexibility index (Phi) is 6.44. The van der Waals surface area contributed by atoms with Crippen LogP contribution in [0.25, 0.3) is 0 Å². The molecule has 3 N–H and O–H groups in total. The first kappa shape index (κ1) is 17.7. The van der Waals surface area contributed by atoms with Crippen LogP contribution in [-0.4, -0.2) is 29.7 Å². The number of nitro groups is 1. The number of nitro benzene ring substituents is 1. The first-order valence-electron chi connectivity index (χ1n) is 6.39. The predicted octanol–water partition coefficient (Wildman–Crippen LogP) is 2.21. The van der Waals surface area contributed by atoms with E-state index in [0.717, 1.165) is 12.8 Å². The monoisotopic (exact) mass is 331 g/mol. The van der Waals surface area contributed by atoms with E-state index in [9.17, 15) is 14.9 Å². The molecule has 1 aliphatic rings. The van der Waals surface area contributed by atoms with Crippen molar-refractivity contribution in [3.63, 3.8) is 0 Å².